The zero-order valence-electron chi connectivity index (χ0n) is 11.1. The fourth-order valence-corrected chi connectivity index (χ4v) is 2.37. The van der Waals surface area contributed by atoms with E-state index in [4.69, 9.17) is 4.74 Å². The number of benzene rings is 1. The minimum Gasteiger partial charge on any atom is -0.379 e. The summed E-state index contributed by atoms with van der Waals surface area (Å²) in [5.74, 6) is 0. The van der Waals surface area contributed by atoms with Gasteiger partial charge in [-0.2, -0.15) is 0 Å². The van der Waals surface area contributed by atoms with Crippen LogP contribution in [0.25, 0.3) is 0 Å². The Balaban J connectivity index is 2.70. The third-order valence-electron chi connectivity index (χ3n) is 3.22. The molecule has 1 aromatic rings. The molecule has 17 heavy (non-hydrogen) atoms. The van der Waals surface area contributed by atoms with Gasteiger partial charge in [0.1, 0.15) is 0 Å². The molecule has 0 aliphatic carbocycles. The van der Waals surface area contributed by atoms with Crippen LogP contribution in [0.1, 0.15) is 38.3 Å². The van der Waals surface area contributed by atoms with Gasteiger partial charge in [0.15, 0.2) is 0 Å². The third kappa shape index (κ3) is 4.41. The van der Waals surface area contributed by atoms with E-state index in [1.54, 1.807) is 7.11 Å². The summed E-state index contributed by atoms with van der Waals surface area (Å²) in [6.07, 6.45) is 2.08. The van der Waals surface area contributed by atoms with E-state index in [-0.39, 0.29) is 5.60 Å². The van der Waals surface area contributed by atoms with Crippen LogP contribution in [0, 0.1) is 0 Å². The Morgan fingerprint density at radius 3 is 2.53 bits per heavy atom. The monoisotopic (exact) mass is 299 g/mol. The van der Waals surface area contributed by atoms with E-state index in [0.717, 1.165) is 17.3 Å². The largest absolute Gasteiger partial charge is 0.379 e. The van der Waals surface area contributed by atoms with Crippen molar-refractivity contribution in [2.75, 3.05) is 14.2 Å². The molecule has 0 spiro atoms. The molecule has 1 rings (SSSR count). The summed E-state index contributed by atoms with van der Waals surface area (Å²) < 4.78 is 6.62. The first-order valence-electron chi connectivity index (χ1n) is 5.97. The maximum absolute atomic E-state index is 5.46. The van der Waals surface area contributed by atoms with Gasteiger partial charge in [0.05, 0.1) is 5.60 Å². The second-order valence-corrected chi connectivity index (χ2v) is 5.72. The molecule has 1 unspecified atom stereocenters. The quantitative estimate of drug-likeness (QED) is 0.860. The summed E-state index contributed by atoms with van der Waals surface area (Å²) in [5.41, 5.74) is 1.25. The molecule has 96 valence electrons. The number of nitrogens with one attached hydrogen (secondary N) is 1. The van der Waals surface area contributed by atoms with Crippen molar-refractivity contribution in [3.8, 4) is 0 Å². The molecule has 1 aromatic carbocycles. The van der Waals surface area contributed by atoms with Crippen LogP contribution in [0.3, 0.4) is 0 Å². The van der Waals surface area contributed by atoms with Crippen molar-refractivity contribution in [2.45, 2.75) is 38.3 Å². The summed E-state index contributed by atoms with van der Waals surface area (Å²) in [4.78, 5) is 0. The van der Waals surface area contributed by atoms with Crippen molar-refractivity contribution >= 4 is 15.9 Å². The van der Waals surface area contributed by atoms with Crippen LogP contribution < -0.4 is 5.32 Å². The number of ether oxygens (including phenoxy) is 1. The van der Waals surface area contributed by atoms with E-state index < -0.39 is 0 Å². The molecule has 0 saturated heterocycles. The molecule has 0 aliphatic heterocycles. The van der Waals surface area contributed by atoms with Crippen molar-refractivity contribution in [3.05, 3.63) is 34.3 Å². The lowest BCUT2D eigenvalue weighted by Gasteiger charge is -2.26. The predicted molar refractivity (Wildman–Crippen MR) is 76.3 cm³/mol. The van der Waals surface area contributed by atoms with Crippen molar-refractivity contribution in [3.63, 3.8) is 0 Å². The highest BCUT2D eigenvalue weighted by atomic mass is 79.9. The van der Waals surface area contributed by atoms with E-state index in [1.807, 2.05) is 13.1 Å². The van der Waals surface area contributed by atoms with Crippen molar-refractivity contribution in [2.24, 2.45) is 0 Å². The Labute approximate surface area is 113 Å². The van der Waals surface area contributed by atoms with Crippen molar-refractivity contribution in [1.82, 2.24) is 5.32 Å². The molecule has 0 aliphatic rings. The minimum absolute atomic E-state index is 0.0592. The minimum atomic E-state index is -0.0592. The van der Waals surface area contributed by atoms with Gasteiger partial charge in [-0.1, -0.05) is 34.1 Å². The molecule has 0 fully saturated rings. The number of methoxy groups -OCH3 is 1. The van der Waals surface area contributed by atoms with Crippen LogP contribution in [0.4, 0.5) is 0 Å². The summed E-state index contributed by atoms with van der Waals surface area (Å²) >= 11 is 3.60. The summed E-state index contributed by atoms with van der Waals surface area (Å²) in [7, 11) is 3.77. The van der Waals surface area contributed by atoms with Crippen LogP contribution >= 0.6 is 15.9 Å². The van der Waals surface area contributed by atoms with E-state index in [0.29, 0.717) is 6.04 Å². The molecule has 0 aromatic heterocycles. The van der Waals surface area contributed by atoms with Gasteiger partial charge < -0.3 is 10.1 Å². The standard InChI is InChI=1S/C14H22BrNO/c1-14(2,17-4)10-9-13(16-3)11-7-5-6-8-12(11)15/h5-8,13,16H,9-10H2,1-4H3. The molecule has 0 amide bonds. The van der Waals surface area contributed by atoms with Crippen LogP contribution in [-0.4, -0.2) is 19.8 Å². The van der Waals surface area contributed by atoms with Crippen LogP contribution in [0.15, 0.2) is 28.7 Å². The van der Waals surface area contributed by atoms with Gasteiger partial charge in [-0.3, -0.25) is 0 Å². The number of hydrogen-bond acceptors (Lipinski definition) is 2. The van der Waals surface area contributed by atoms with Gasteiger partial charge in [-0.15, -0.1) is 0 Å². The molecule has 0 radical (unpaired) electrons. The first kappa shape index (κ1) is 14.7. The van der Waals surface area contributed by atoms with Gasteiger partial charge in [-0.25, -0.2) is 0 Å². The highest BCUT2D eigenvalue weighted by Gasteiger charge is 2.20. The third-order valence-corrected chi connectivity index (χ3v) is 3.94. The Kier molecular flexibility index (Phi) is 5.63. The molecule has 0 bridgehead atoms. The molecule has 1 N–H and O–H groups in total. The van der Waals surface area contributed by atoms with Crippen molar-refractivity contribution in [1.29, 1.82) is 0 Å². The highest BCUT2D eigenvalue weighted by molar-refractivity contribution is 9.10. The topological polar surface area (TPSA) is 21.3 Å². The second kappa shape index (κ2) is 6.53. The second-order valence-electron chi connectivity index (χ2n) is 4.87. The summed E-state index contributed by atoms with van der Waals surface area (Å²) in [6, 6.07) is 8.72. The Bertz CT molecular complexity index is 352. The Hall–Kier alpha value is -0.380. The SMILES string of the molecule is CNC(CCC(C)(C)OC)c1ccccc1Br. The molecule has 3 heteroatoms. The van der Waals surface area contributed by atoms with E-state index in [1.165, 1.54) is 5.56 Å². The van der Waals surface area contributed by atoms with Gasteiger partial charge >= 0.3 is 0 Å². The fraction of sp³-hybridized carbons (Fsp3) is 0.571. The van der Waals surface area contributed by atoms with Crippen LogP contribution in [0.5, 0.6) is 0 Å². The first-order chi connectivity index (χ1) is 8.00. The number of halogens is 1. The average molecular weight is 300 g/mol. The number of hydrogen-bond donors (Lipinski definition) is 1. The van der Waals surface area contributed by atoms with Gasteiger partial charge in [0.2, 0.25) is 0 Å². The van der Waals surface area contributed by atoms with Gasteiger partial charge in [0, 0.05) is 17.6 Å². The summed E-state index contributed by atoms with van der Waals surface area (Å²) in [5, 5.41) is 3.37. The van der Waals surface area contributed by atoms with Crippen molar-refractivity contribution < 1.29 is 4.74 Å². The molecule has 2 nitrogen and oxygen atoms in total. The zero-order chi connectivity index (χ0) is 12.9. The van der Waals surface area contributed by atoms with Gasteiger partial charge in [-0.05, 0) is 45.4 Å². The normalized spacial score (nSPS) is 13.7. The molecular weight excluding hydrogens is 278 g/mol. The van der Waals surface area contributed by atoms with E-state index >= 15 is 0 Å². The number of rotatable bonds is 6. The first-order valence-corrected chi connectivity index (χ1v) is 6.76. The molecule has 0 heterocycles. The van der Waals surface area contributed by atoms with Crippen LogP contribution in [0.2, 0.25) is 0 Å². The smallest absolute Gasteiger partial charge is 0.0623 e. The maximum atomic E-state index is 5.46. The van der Waals surface area contributed by atoms with Crippen LogP contribution in [-0.2, 0) is 4.74 Å². The molecular formula is C14H22BrNO. The molecule has 1 atom stereocenters. The Morgan fingerprint density at radius 1 is 1.35 bits per heavy atom. The predicted octanol–water partition coefficient (Wildman–Crippen LogP) is 3.91. The lowest BCUT2D eigenvalue weighted by molar-refractivity contribution is 0.0118. The lowest BCUT2D eigenvalue weighted by atomic mass is 9.95. The Morgan fingerprint density at radius 2 is 2.00 bits per heavy atom. The summed E-state index contributed by atoms with van der Waals surface area (Å²) in [6.45, 7) is 4.25. The maximum Gasteiger partial charge on any atom is 0.0623 e. The van der Waals surface area contributed by atoms with E-state index in [9.17, 15) is 0 Å². The fourth-order valence-electron chi connectivity index (χ4n) is 1.81. The zero-order valence-corrected chi connectivity index (χ0v) is 12.7. The molecule has 0 saturated carbocycles. The highest BCUT2D eigenvalue weighted by Crippen LogP contribution is 2.28. The average Bonchev–Trinajstić information content (AvgIpc) is 2.32. The van der Waals surface area contributed by atoms with Gasteiger partial charge in [0.25, 0.3) is 0 Å². The van der Waals surface area contributed by atoms with E-state index in [2.05, 4.69) is 53.3 Å². The lowest BCUT2D eigenvalue weighted by Crippen LogP contribution is -2.26.